The molecule has 0 aliphatic rings. The van der Waals surface area contributed by atoms with Gasteiger partial charge in [-0.05, 0) is 47.0 Å². The lowest BCUT2D eigenvalue weighted by Crippen LogP contribution is -2.52. The second kappa shape index (κ2) is 6.26. The van der Waals surface area contributed by atoms with Crippen molar-refractivity contribution in [1.82, 2.24) is 10.2 Å². The Bertz CT molecular complexity index is 330. The topological polar surface area (TPSA) is 65.4 Å². The van der Waals surface area contributed by atoms with Crippen LogP contribution in [0.2, 0.25) is 0 Å². The highest BCUT2D eigenvalue weighted by molar-refractivity contribution is 5.92. The number of carbonyl (C=O) groups is 1. The summed E-state index contributed by atoms with van der Waals surface area (Å²) in [5.74, 6) is 0.576. The summed E-state index contributed by atoms with van der Waals surface area (Å²) < 4.78 is 5.13. The van der Waals surface area contributed by atoms with Crippen LogP contribution in [0.15, 0.2) is 0 Å². The van der Waals surface area contributed by atoms with Gasteiger partial charge in [-0.15, -0.1) is 0 Å². The molecule has 0 atom stereocenters. The standard InChI is InChI=1S/C14H29N3O2/c1-10(2)9-14(6,7)17(8)11(15)16-12(18)19-13(3,4)5/h10H,9H2,1-8H3,(H2,15,16,18). The number of rotatable bonds is 3. The molecule has 0 spiro atoms. The van der Waals surface area contributed by atoms with Gasteiger partial charge in [0.2, 0.25) is 5.96 Å². The van der Waals surface area contributed by atoms with Gasteiger partial charge in [-0.25, -0.2) is 4.79 Å². The van der Waals surface area contributed by atoms with Crippen molar-refractivity contribution in [2.45, 2.75) is 66.0 Å². The molecule has 1 amide bonds. The van der Waals surface area contributed by atoms with Gasteiger partial charge in [-0.3, -0.25) is 10.7 Å². The van der Waals surface area contributed by atoms with Crippen molar-refractivity contribution in [3.63, 3.8) is 0 Å². The third kappa shape index (κ3) is 7.03. The van der Waals surface area contributed by atoms with E-state index in [4.69, 9.17) is 10.1 Å². The minimum Gasteiger partial charge on any atom is -0.444 e. The molecule has 0 aliphatic heterocycles. The van der Waals surface area contributed by atoms with Crippen molar-refractivity contribution in [2.75, 3.05) is 7.05 Å². The van der Waals surface area contributed by atoms with Crippen LogP contribution in [0, 0.1) is 11.3 Å². The third-order valence-corrected chi connectivity index (χ3v) is 2.77. The molecule has 2 N–H and O–H groups in total. The number of carbonyl (C=O) groups excluding carboxylic acids is 1. The first kappa shape index (κ1) is 17.7. The maximum atomic E-state index is 11.6. The van der Waals surface area contributed by atoms with Gasteiger partial charge in [-0.2, -0.15) is 0 Å². The van der Waals surface area contributed by atoms with Crippen LogP contribution in [0.4, 0.5) is 4.79 Å². The maximum absolute atomic E-state index is 11.6. The third-order valence-electron chi connectivity index (χ3n) is 2.77. The van der Waals surface area contributed by atoms with E-state index in [0.717, 1.165) is 6.42 Å². The number of hydrogen-bond acceptors (Lipinski definition) is 3. The number of amides is 1. The molecule has 5 nitrogen and oxygen atoms in total. The summed E-state index contributed by atoms with van der Waals surface area (Å²) in [7, 11) is 1.81. The summed E-state index contributed by atoms with van der Waals surface area (Å²) in [6.07, 6.45) is 0.340. The van der Waals surface area contributed by atoms with E-state index in [1.807, 2.05) is 7.05 Å². The minimum atomic E-state index is -0.593. The number of hydrogen-bond donors (Lipinski definition) is 2. The van der Waals surface area contributed by atoms with E-state index in [9.17, 15) is 4.79 Å². The zero-order valence-electron chi connectivity index (χ0n) is 13.5. The fourth-order valence-corrected chi connectivity index (χ4v) is 1.92. The molecule has 0 unspecified atom stereocenters. The summed E-state index contributed by atoms with van der Waals surface area (Å²) in [6.45, 7) is 13.8. The first-order valence-electron chi connectivity index (χ1n) is 6.67. The Labute approximate surface area is 117 Å². The highest BCUT2D eigenvalue weighted by Gasteiger charge is 2.28. The molecule has 0 saturated carbocycles. The molecule has 112 valence electrons. The van der Waals surface area contributed by atoms with Crippen LogP contribution in [-0.2, 0) is 4.74 Å². The molecule has 0 radical (unpaired) electrons. The zero-order valence-corrected chi connectivity index (χ0v) is 13.5. The van der Waals surface area contributed by atoms with Gasteiger partial charge < -0.3 is 9.64 Å². The van der Waals surface area contributed by atoms with Crippen molar-refractivity contribution < 1.29 is 9.53 Å². The van der Waals surface area contributed by atoms with Crippen molar-refractivity contribution in [1.29, 1.82) is 5.41 Å². The number of nitrogens with one attached hydrogen (secondary N) is 2. The lowest BCUT2D eigenvalue weighted by atomic mass is 9.91. The summed E-state index contributed by atoms with van der Waals surface area (Å²) in [6, 6.07) is 0. The quantitative estimate of drug-likeness (QED) is 0.612. The predicted molar refractivity (Wildman–Crippen MR) is 78.4 cm³/mol. The largest absolute Gasteiger partial charge is 0.444 e. The van der Waals surface area contributed by atoms with Crippen LogP contribution < -0.4 is 5.32 Å². The van der Waals surface area contributed by atoms with Crippen LogP contribution in [0.1, 0.15) is 54.9 Å². The Kier molecular flexibility index (Phi) is 5.84. The van der Waals surface area contributed by atoms with Gasteiger partial charge in [0.15, 0.2) is 0 Å². The van der Waals surface area contributed by atoms with Crippen molar-refractivity contribution in [3.8, 4) is 0 Å². The zero-order chi connectivity index (χ0) is 15.4. The number of ether oxygens (including phenoxy) is 1. The molecule has 0 aromatic carbocycles. The first-order valence-corrected chi connectivity index (χ1v) is 6.67. The van der Waals surface area contributed by atoms with Crippen molar-refractivity contribution in [3.05, 3.63) is 0 Å². The van der Waals surface area contributed by atoms with Crippen molar-refractivity contribution >= 4 is 12.1 Å². The van der Waals surface area contributed by atoms with Crippen LogP contribution in [-0.4, -0.2) is 35.1 Å². The van der Waals surface area contributed by atoms with E-state index in [0.29, 0.717) is 5.92 Å². The smallest absolute Gasteiger partial charge is 0.414 e. The Hall–Kier alpha value is -1.26. The van der Waals surface area contributed by atoms with Gasteiger partial charge >= 0.3 is 6.09 Å². The van der Waals surface area contributed by atoms with Crippen LogP contribution in [0.25, 0.3) is 0 Å². The van der Waals surface area contributed by atoms with E-state index in [1.165, 1.54) is 0 Å². The summed E-state index contributed by atoms with van der Waals surface area (Å²) in [5, 5.41) is 10.4. The maximum Gasteiger partial charge on any atom is 0.414 e. The second-order valence-electron chi connectivity index (χ2n) is 6.94. The number of alkyl carbamates (subject to hydrolysis) is 1. The summed E-state index contributed by atoms with van der Waals surface area (Å²) in [4.78, 5) is 13.4. The highest BCUT2D eigenvalue weighted by atomic mass is 16.6. The molecule has 0 aliphatic carbocycles. The normalized spacial score (nSPS) is 12.3. The fraction of sp³-hybridized carbons (Fsp3) is 0.857. The van der Waals surface area contributed by atoms with Crippen molar-refractivity contribution in [2.24, 2.45) is 5.92 Å². The molecule has 5 heteroatoms. The lowest BCUT2D eigenvalue weighted by Gasteiger charge is -2.38. The van der Waals surface area contributed by atoms with Crippen LogP contribution >= 0.6 is 0 Å². The second-order valence-corrected chi connectivity index (χ2v) is 6.94. The number of nitrogens with zero attached hydrogens (tertiary/aromatic N) is 1. The van der Waals surface area contributed by atoms with Gasteiger partial charge in [0, 0.05) is 12.6 Å². The summed E-state index contributed by atoms with van der Waals surface area (Å²) in [5.41, 5.74) is -0.753. The minimum absolute atomic E-state index is 0.0555. The van der Waals surface area contributed by atoms with E-state index in [-0.39, 0.29) is 11.5 Å². The molecule has 0 saturated heterocycles. The van der Waals surface area contributed by atoms with Gasteiger partial charge in [0.05, 0.1) is 0 Å². The molecule has 0 rings (SSSR count). The molecule has 0 aromatic heterocycles. The molecule has 19 heavy (non-hydrogen) atoms. The van der Waals surface area contributed by atoms with Gasteiger partial charge in [0.1, 0.15) is 5.60 Å². The van der Waals surface area contributed by atoms with E-state index >= 15 is 0 Å². The fourth-order valence-electron chi connectivity index (χ4n) is 1.92. The lowest BCUT2D eigenvalue weighted by molar-refractivity contribution is 0.0551. The number of guanidine groups is 1. The molecular weight excluding hydrogens is 242 g/mol. The Balaban J connectivity index is 4.54. The molecule has 0 aromatic rings. The van der Waals surface area contributed by atoms with Gasteiger partial charge in [-0.1, -0.05) is 13.8 Å². The van der Waals surface area contributed by atoms with Gasteiger partial charge in [0.25, 0.3) is 0 Å². The van der Waals surface area contributed by atoms with Crippen LogP contribution in [0.3, 0.4) is 0 Å². The first-order chi connectivity index (χ1) is 8.35. The Morgan fingerprint density at radius 3 is 2.11 bits per heavy atom. The van der Waals surface area contributed by atoms with E-state index in [1.54, 1.807) is 25.7 Å². The molecule has 0 heterocycles. The average Bonchev–Trinajstić information content (AvgIpc) is 2.10. The molecule has 0 bridgehead atoms. The monoisotopic (exact) mass is 271 g/mol. The van der Waals surface area contributed by atoms with E-state index in [2.05, 4.69) is 33.0 Å². The summed E-state index contributed by atoms with van der Waals surface area (Å²) >= 11 is 0. The Morgan fingerprint density at radius 1 is 1.26 bits per heavy atom. The predicted octanol–water partition coefficient (Wildman–Crippen LogP) is 3.20. The molecule has 0 fully saturated rings. The Morgan fingerprint density at radius 2 is 1.74 bits per heavy atom. The molecular formula is C14H29N3O2. The van der Waals surface area contributed by atoms with E-state index < -0.39 is 11.7 Å². The highest BCUT2D eigenvalue weighted by Crippen LogP contribution is 2.21. The van der Waals surface area contributed by atoms with Crippen LogP contribution in [0.5, 0.6) is 0 Å². The SMILES string of the molecule is CC(C)CC(C)(C)N(C)C(=N)NC(=O)OC(C)(C)C. The average molecular weight is 271 g/mol.